The number of aliphatic hydroxyl groups is 1. The first-order valence-electron chi connectivity index (χ1n) is 10.6. The van der Waals surface area contributed by atoms with Crippen molar-refractivity contribution in [3.8, 4) is 0 Å². The fourth-order valence-electron chi connectivity index (χ4n) is 4.50. The Bertz CT molecular complexity index is 1100. The number of ketones is 1. The van der Waals surface area contributed by atoms with E-state index in [0.29, 0.717) is 17.1 Å². The van der Waals surface area contributed by atoms with Crippen molar-refractivity contribution in [2.45, 2.75) is 52.1 Å². The van der Waals surface area contributed by atoms with Crippen molar-refractivity contribution >= 4 is 28.2 Å². The van der Waals surface area contributed by atoms with Crippen LogP contribution in [0.3, 0.4) is 0 Å². The van der Waals surface area contributed by atoms with Gasteiger partial charge in [0.05, 0.1) is 11.2 Å². The summed E-state index contributed by atoms with van der Waals surface area (Å²) in [6.45, 7) is 5.23. The molecule has 1 N–H and O–H groups in total. The van der Waals surface area contributed by atoms with Crippen LogP contribution in [0.1, 0.15) is 51.3 Å². The Morgan fingerprint density at radius 3 is 2.77 bits per heavy atom. The SMILES string of the molecule is CCC1CC(=CC2=C(C(C)=O)COC(=O)C2(O)CC)c2nc3ccccc3cc2C1. The van der Waals surface area contributed by atoms with Gasteiger partial charge in [0.2, 0.25) is 0 Å². The summed E-state index contributed by atoms with van der Waals surface area (Å²) < 4.78 is 5.13. The van der Waals surface area contributed by atoms with Gasteiger partial charge in [-0.25, -0.2) is 9.78 Å². The fourth-order valence-corrected chi connectivity index (χ4v) is 4.50. The van der Waals surface area contributed by atoms with Crippen molar-refractivity contribution in [2.75, 3.05) is 6.61 Å². The molecule has 0 saturated carbocycles. The summed E-state index contributed by atoms with van der Waals surface area (Å²) in [7, 11) is 0. The van der Waals surface area contributed by atoms with Crippen LogP contribution in [-0.2, 0) is 20.7 Å². The number of allylic oxidation sites excluding steroid dienone is 1. The van der Waals surface area contributed by atoms with Crippen LogP contribution in [0.2, 0.25) is 0 Å². The zero-order valence-corrected chi connectivity index (χ0v) is 17.7. The summed E-state index contributed by atoms with van der Waals surface area (Å²) in [6, 6.07) is 10.2. The molecule has 1 aliphatic heterocycles. The van der Waals surface area contributed by atoms with Crippen LogP contribution in [0.25, 0.3) is 16.5 Å². The summed E-state index contributed by atoms with van der Waals surface area (Å²) >= 11 is 0. The second-order valence-electron chi connectivity index (χ2n) is 8.28. The van der Waals surface area contributed by atoms with Gasteiger partial charge in [-0.1, -0.05) is 38.5 Å². The van der Waals surface area contributed by atoms with E-state index in [9.17, 15) is 14.7 Å². The Balaban J connectivity index is 1.95. The molecule has 0 saturated heterocycles. The standard InChI is InChI=1S/C25H27NO4/c1-4-16-10-18-12-17-8-6-7-9-22(17)26-23(18)19(11-16)13-21-20(15(3)27)14-30-24(28)25(21,29)5-2/h6-9,12-13,16,29H,4-5,10-11,14H2,1-3H3. The number of fused-ring (bicyclic) bond motifs is 2. The van der Waals surface area contributed by atoms with E-state index >= 15 is 0 Å². The molecule has 4 rings (SSSR count). The molecule has 0 amide bonds. The lowest BCUT2D eigenvalue weighted by Gasteiger charge is -2.33. The first-order chi connectivity index (χ1) is 14.4. The molecule has 2 aliphatic rings. The molecule has 2 atom stereocenters. The second-order valence-corrected chi connectivity index (χ2v) is 8.28. The molecule has 0 fully saturated rings. The molecular weight excluding hydrogens is 378 g/mol. The number of cyclic esters (lactones) is 1. The summed E-state index contributed by atoms with van der Waals surface area (Å²) in [5, 5.41) is 12.3. The zero-order valence-electron chi connectivity index (χ0n) is 17.7. The van der Waals surface area contributed by atoms with E-state index in [4.69, 9.17) is 9.72 Å². The Labute approximate surface area is 176 Å². The summed E-state index contributed by atoms with van der Waals surface area (Å²) in [6.07, 6.45) is 4.72. The number of ether oxygens (including phenoxy) is 1. The molecule has 156 valence electrons. The van der Waals surface area contributed by atoms with E-state index in [1.54, 1.807) is 6.92 Å². The minimum absolute atomic E-state index is 0.106. The lowest BCUT2D eigenvalue weighted by molar-refractivity contribution is -0.163. The van der Waals surface area contributed by atoms with Gasteiger partial charge in [0.25, 0.3) is 0 Å². The number of pyridine rings is 1. The predicted molar refractivity (Wildman–Crippen MR) is 116 cm³/mol. The van der Waals surface area contributed by atoms with Gasteiger partial charge in [0.1, 0.15) is 6.61 Å². The Morgan fingerprint density at radius 1 is 1.30 bits per heavy atom. The first-order valence-corrected chi connectivity index (χ1v) is 10.6. The maximum absolute atomic E-state index is 12.4. The third-order valence-electron chi connectivity index (χ3n) is 6.41. The number of benzene rings is 1. The molecular formula is C25H27NO4. The average molecular weight is 405 g/mol. The fraction of sp³-hybridized carbons (Fsp3) is 0.400. The highest BCUT2D eigenvalue weighted by molar-refractivity contribution is 6.00. The average Bonchev–Trinajstić information content (AvgIpc) is 2.75. The third kappa shape index (κ3) is 3.37. The second kappa shape index (κ2) is 7.80. The number of rotatable bonds is 4. The van der Waals surface area contributed by atoms with E-state index in [1.165, 1.54) is 12.5 Å². The highest BCUT2D eigenvalue weighted by atomic mass is 16.6. The van der Waals surface area contributed by atoms with Crippen molar-refractivity contribution < 1.29 is 19.4 Å². The largest absolute Gasteiger partial charge is 0.458 e. The predicted octanol–water partition coefficient (Wildman–Crippen LogP) is 4.17. The number of nitrogens with zero attached hydrogens (tertiary/aromatic N) is 1. The van der Waals surface area contributed by atoms with Crippen molar-refractivity contribution in [3.05, 3.63) is 58.8 Å². The van der Waals surface area contributed by atoms with Gasteiger partial charge >= 0.3 is 5.97 Å². The van der Waals surface area contributed by atoms with Crippen LogP contribution in [0.15, 0.2) is 47.6 Å². The van der Waals surface area contributed by atoms with Gasteiger partial charge in [-0.15, -0.1) is 0 Å². The number of hydrogen-bond donors (Lipinski definition) is 1. The Hall–Kier alpha value is -2.79. The van der Waals surface area contributed by atoms with Crippen LogP contribution < -0.4 is 0 Å². The van der Waals surface area contributed by atoms with E-state index in [-0.39, 0.29) is 18.8 Å². The number of carbonyl (C=O) groups excluding carboxylic acids is 2. The molecule has 2 unspecified atom stereocenters. The molecule has 1 aromatic carbocycles. The molecule has 5 heteroatoms. The van der Waals surface area contributed by atoms with Gasteiger partial charge in [0, 0.05) is 16.5 Å². The van der Waals surface area contributed by atoms with Crippen LogP contribution in [-0.4, -0.2) is 34.1 Å². The summed E-state index contributed by atoms with van der Waals surface area (Å²) in [5.74, 6) is -0.453. The summed E-state index contributed by atoms with van der Waals surface area (Å²) in [4.78, 5) is 29.7. The molecule has 2 heterocycles. The smallest absolute Gasteiger partial charge is 0.343 e. The number of para-hydroxylation sites is 1. The van der Waals surface area contributed by atoms with Crippen LogP contribution in [0.5, 0.6) is 0 Å². The number of aromatic nitrogens is 1. The van der Waals surface area contributed by atoms with Crippen LogP contribution in [0, 0.1) is 5.92 Å². The minimum Gasteiger partial charge on any atom is -0.458 e. The molecule has 0 spiro atoms. The Morgan fingerprint density at radius 2 is 2.07 bits per heavy atom. The van der Waals surface area contributed by atoms with Crippen molar-refractivity contribution in [1.29, 1.82) is 0 Å². The van der Waals surface area contributed by atoms with Crippen molar-refractivity contribution in [3.63, 3.8) is 0 Å². The van der Waals surface area contributed by atoms with Crippen LogP contribution >= 0.6 is 0 Å². The Kier molecular flexibility index (Phi) is 5.33. The van der Waals surface area contributed by atoms with Gasteiger partial charge < -0.3 is 9.84 Å². The van der Waals surface area contributed by atoms with Gasteiger partial charge in [0.15, 0.2) is 11.4 Å². The molecule has 2 aromatic rings. The lowest BCUT2D eigenvalue weighted by atomic mass is 9.77. The number of carbonyl (C=O) groups is 2. The first kappa shape index (κ1) is 20.5. The minimum atomic E-state index is -1.82. The number of hydrogen-bond acceptors (Lipinski definition) is 5. The van der Waals surface area contributed by atoms with Gasteiger partial charge in [-0.2, -0.15) is 0 Å². The quantitative estimate of drug-likeness (QED) is 0.773. The molecule has 5 nitrogen and oxygen atoms in total. The topological polar surface area (TPSA) is 76.5 Å². The number of esters is 1. The molecule has 1 aromatic heterocycles. The lowest BCUT2D eigenvalue weighted by Crippen LogP contribution is -2.46. The number of Topliss-reactive ketones (excluding diaryl/α,β-unsaturated/α-hetero) is 1. The molecule has 0 radical (unpaired) electrons. The molecule has 1 aliphatic carbocycles. The maximum atomic E-state index is 12.4. The monoisotopic (exact) mass is 405 g/mol. The maximum Gasteiger partial charge on any atom is 0.343 e. The van der Waals surface area contributed by atoms with Gasteiger partial charge in [-0.3, -0.25) is 4.79 Å². The van der Waals surface area contributed by atoms with E-state index in [0.717, 1.165) is 41.4 Å². The highest BCUT2D eigenvalue weighted by Gasteiger charge is 2.45. The highest BCUT2D eigenvalue weighted by Crippen LogP contribution is 2.40. The van der Waals surface area contributed by atoms with Crippen LogP contribution in [0.4, 0.5) is 0 Å². The molecule has 30 heavy (non-hydrogen) atoms. The van der Waals surface area contributed by atoms with Crippen molar-refractivity contribution in [2.24, 2.45) is 5.92 Å². The van der Waals surface area contributed by atoms with Crippen molar-refractivity contribution in [1.82, 2.24) is 4.98 Å². The summed E-state index contributed by atoms with van der Waals surface area (Å²) in [5.41, 5.74) is 2.83. The molecule has 0 bridgehead atoms. The van der Waals surface area contributed by atoms with Gasteiger partial charge in [-0.05, 0) is 61.4 Å². The normalized spacial score (nSPS) is 25.4. The van der Waals surface area contributed by atoms with E-state index < -0.39 is 11.6 Å². The van der Waals surface area contributed by atoms with E-state index in [1.807, 2.05) is 24.3 Å². The zero-order chi connectivity index (χ0) is 21.5. The van der Waals surface area contributed by atoms with E-state index in [2.05, 4.69) is 19.1 Å². The third-order valence-corrected chi connectivity index (χ3v) is 6.41.